The van der Waals surface area contributed by atoms with Crippen LogP contribution in [0.4, 0.5) is 4.39 Å². The second-order valence-electron chi connectivity index (χ2n) is 6.80. The zero-order chi connectivity index (χ0) is 16.8. The van der Waals surface area contributed by atoms with E-state index < -0.39 is 0 Å². The van der Waals surface area contributed by atoms with Crippen molar-refractivity contribution in [3.05, 3.63) is 34.6 Å². The van der Waals surface area contributed by atoms with Crippen LogP contribution >= 0.6 is 11.6 Å². The molecule has 2 rings (SSSR count). The minimum Gasteiger partial charge on any atom is -0.393 e. The van der Waals surface area contributed by atoms with Gasteiger partial charge < -0.3 is 10.4 Å². The summed E-state index contributed by atoms with van der Waals surface area (Å²) in [6.45, 7) is 7.38. The number of hydrogen-bond donors (Lipinski definition) is 2. The molecule has 1 unspecified atom stereocenters. The van der Waals surface area contributed by atoms with Gasteiger partial charge in [-0.05, 0) is 56.9 Å². The number of likely N-dealkylation sites (tertiary alicyclic amines) is 1. The Balaban J connectivity index is 1.72. The highest BCUT2D eigenvalue weighted by Crippen LogP contribution is 2.22. The number of hydrogen-bond acceptors (Lipinski definition) is 3. The molecule has 1 atom stereocenters. The molecule has 1 fully saturated rings. The van der Waals surface area contributed by atoms with Crippen molar-refractivity contribution in [2.75, 3.05) is 19.6 Å². The van der Waals surface area contributed by atoms with Crippen LogP contribution in [-0.4, -0.2) is 41.8 Å². The van der Waals surface area contributed by atoms with Crippen LogP contribution in [0.25, 0.3) is 0 Å². The van der Waals surface area contributed by atoms with Crippen molar-refractivity contribution in [2.45, 2.75) is 51.8 Å². The monoisotopic (exact) mass is 342 g/mol. The van der Waals surface area contributed by atoms with Crippen molar-refractivity contribution in [3.63, 3.8) is 0 Å². The molecular formula is C18H28ClFN2O. The molecule has 0 amide bonds. The number of aliphatic hydroxyl groups excluding tert-OH is 1. The van der Waals surface area contributed by atoms with Crippen molar-refractivity contribution in [1.82, 2.24) is 10.2 Å². The summed E-state index contributed by atoms with van der Waals surface area (Å²) in [6.07, 6.45) is 2.65. The van der Waals surface area contributed by atoms with Gasteiger partial charge in [0, 0.05) is 23.2 Å². The molecule has 0 saturated carbocycles. The summed E-state index contributed by atoms with van der Waals surface area (Å²) >= 11 is 6.10. The number of benzene rings is 1. The highest BCUT2D eigenvalue weighted by molar-refractivity contribution is 6.31. The van der Waals surface area contributed by atoms with Gasteiger partial charge in [-0.25, -0.2) is 4.39 Å². The first-order valence-corrected chi connectivity index (χ1v) is 8.92. The normalized spacial score (nSPS) is 18.5. The zero-order valence-electron chi connectivity index (χ0n) is 14.1. The number of piperidine rings is 1. The van der Waals surface area contributed by atoms with E-state index >= 15 is 0 Å². The van der Waals surface area contributed by atoms with Gasteiger partial charge >= 0.3 is 0 Å². The second-order valence-corrected chi connectivity index (χ2v) is 7.21. The minimum absolute atomic E-state index is 0.222. The fourth-order valence-corrected chi connectivity index (χ4v) is 3.19. The fraction of sp³-hybridized carbons (Fsp3) is 0.667. The van der Waals surface area contributed by atoms with Gasteiger partial charge in [0.1, 0.15) is 5.82 Å². The molecule has 1 heterocycles. The molecule has 130 valence electrons. The predicted molar refractivity (Wildman–Crippen MR) is 93.2 cm³/mol. The molecule has 0 spiro atoms. The molecule has 0 radical (unpaired) electrons. The Hall–Kier alpha value is -0.680. The van der Waals surface area contributed by atoms with Gasteiger partial charge in [0.05, 0.1) is 6.10 Å². The highest BCUT2D eigenvalue weighted by atomic mass is 35.5. The Bertz CT molecular complexity index is 470. The van der Waals surface area contributed by atoms with E-state index in [2.05, 4.69) is 10.2 Å². The smallest absolute Gasteiger partial charge is 0.129 e. The van der Waals surface area contributed by atoms with Gasteiger partial charge in [-0.3, -0.25) is 4.90 Å². The van der Waals surface area contributed by atoms with Gasteiger partial charge in [-0.2, -0.15) is 0 Å². The lowest BCUT2D eigenvalue weighted by molar-refractivity contribution is 0.112. The maximum atomic E-state index is 13.8. The summed E-state index contributed by atoms with van der Waals surface area (Å²) in [5.74, 6) is 0.0876. The molecule has 3 nitrogen and oxygen atoms in total. The summed E-state index contributed by atoms with van der Waals surface area (Å²) in [7, 11) is 0. The molecule has 1 aromatic carbocycles. The van der Waals surface area contributed by atoms with Gasteiger partial charge in [0.15, 0.2) is 0 Å². The number of rotatable bonds is 7. The average molecular weight is 343 g/mol. The Labute approximate surface area is 143 Å². The van der Waals surface area contributed by atoms with Gasteiger partial charge in [-0.15, -0.1) is 0 Å². The third-order valence-electron chi connectivity index (χ3n) is 4.67. The van der Waals surface area contributed by atoms with Crippen LogP contribution < -0.4 is 5.32 Å². The summed E-state index contributed by atoms with van der Waals surface area (Å²) < 4.78 is 13.8. The van der Waals surface area contributed by atoms with E-state index in [1.54, 1.807) is 12.1 Å². The van der Waals surface area contributed by atoms with Crippen LogP contribution in [0.15, 0.2) is 18.2 Å². The number of nitrogens with zero attached hydrogens (tertiary/aromatic N) is 1. The average Bonchev–Trinajstić information content (AvgIpc) is 2.52. The van der Waals surface area contributed by atoms with Crippen molar-refractivity contribution in [3.8, 4) is 0 Å². The molecule has 0 bridgehead atoms. The summed E-state index contributed by atoms with van der Waals surface area (Å²) in [5.41, 5.74) is 0.598. The van der Waals surface area contributed by atoms with E-state index in [1.165, 1.54) is 6.07 Å². The standard InChI is InChI=1S/C18H28ClFN2O/c1-13(2)18(23)6-9-21-14-7-10-22(11-8-14)12-15-16(19)4-3-5-17(15)20/h3-5,13-14,18,21,23H,6-12H2,1-2H3. The molecule has 0 aliphatic carbocycles. The minimum atomic E-state index is -0.231. The molecule has 1 aliphatic rings. The van der Waals surface area contributed by atoms with Crippen LogP contribution in [-0.2, 0) is 6.54 Å². The largest absolute Gasteiger partial charge is 0.393 e. The third-order valence-corrected chi connectivity index (χ3v) is 5.03. The molecule has 1 saturated heterocycles. The first-order chi connectivity index (χ1) is 11.0. The van der Waals surface area contributed by atoms with E-state index in [0.717, 1.165) is 38.9 Å². The van der Waals surface area contributed by atoms with Crippen molar-refractivity contribution in [2.24, 2.45) is 5.92 Å². The maximum absolute atomic E-state index is 13.8. The Morgan fingerprint density at radius 3 is 2.65 bits per heavy atom. The van der Waals surface area contributed by atoms with E-state index in [-0.39, 0.29) is 11.9 Å². The Kier molecular flexibility index (Phi) is 7.28. The molecule has 0 aromatic heterocycles. The Morgan fingerprint density at radius 2 is 2.04 bits per heavy atom. The van der Waals surface area contributed by atoms with E-state index in [0.29, 0.717) is 29.1 Å². The van der Waals surface area contributed by atoms with Crippen molar-refractivity contribution in [1.29, 1.82) is 0 Å². The first kappa shape index (κ1) is 18.7. The first-order valence-electron chi connectivity index (χ1n) is 8.54. The Morgan fingerprint density at radius 1 is 1.35 bits per heavy atom. The molecule has 1 aliphatic heterocycles. The van der Waals surface area contributed by atoms with Crippen LogP contribution in [0.3, 0.4) is 0 Å². The van der Waals surface area contributed by atoms with E-state index in [9.17, 15) is 9.50 Å². The van der Waals surface area contributed by atoms with Crippen molar-refractivity contribution >= 4 is 11.6 Å². The second kappa shape index (κ2) is 8.97. The highest BCUT2D eigenvalue weighted by Gasteiger charge is 2.21. The SMILES string of the molecule is CC(C)C(O)CCNC1CCN(Cc2c(F)cccc2Cl)CC1. The topological polar surface area (TPSA) is 35.5 Å². The van der Waals surface area contributed by atoms with Gasteiger partial charge in [0.25, 0.3) is 0 Å². The van der Waals surface area contributed by atoms with Gasteiger partial charge in [-0.1, -0.05) is 31.5 Å². The van der Waals surface area contributed by atoms with Crippen molar-refractivity contribution < 1.29 is 9.50 Å². The predicted octanol–water partition coefficient (Wildman–Crippen LogP) is 3.44. The lowest BCUT2D eigenvalue weighted by Crippen LogP contribution is -2.43. The summed E-state index contributed by atoms with van der Waals surface area (Å²) in [6, 6.07) is 5.34. The lowest BCUT2D eigenvalue weighted by Gasteiger charge is -2.33. The number of aliphatic hydroxyl groups is 1. The van der Waals surface area contributed by atoms with Crippen LogP contribution in [0.2, 0.25) is 5.02 Å². The fourth-order valence-electron chi connectivity index (χ4n) is 2.97. The lowest BCUT2D eigenvalue weighted by atomic mass is 10.0. The molecule has 2 N–H and O–H groups in total. The van der Waals surface area contributed by atoms with Gasteiger partial charge in [0.2, 0.25) is 0 Å². The molecule has 23 heavy (non-hydrogen) atoms. The molecule has 1 aromatic rings. The summed E-state index contributed by atoms with van der Waals surface area (Å²) in [5, 5.41) is 13.9. The van der Waals surface area contributed by atoms with E-state index in [1.807, 2.05) is 13.8 Å². The zero-order valence-corrected chi connectivity index (χ0v) is 14.8. The number of halogens is 2. The molecular weight excluding hydrogens is 315 g/mol. The third kappa shape index (κ3) is 5.71. The quantitative estimate of drug-likeness (QED) is 0.796. The maximum Gasteiger partial charge on any atom is 0.129 e. The van der Waals surface area contributed by atoms with Crippen LogP contribution in [0.1, 0.15) is 38.7 Å². The summed E-state index contributed by atoms with van der Waals surface area (Å²) in [4.78, 5) is 2.26. The van der Waals surface area contributed by atoms with E-state index in [4.69, 9.17) is 11.6 Å². The molecule has 5 heteroatoms. The van der Waals surface area contributed by atoms with Crippen LogP contribution in [0, 0.1) is 11.7 Å². The van der Waals surface area contributed by atoms with Crippen LogP contribution in [0.5, 0.6) is 0 Å². The number of nitrogens with one attached hydrogen (secondary N) is 1.